The Hall–Kier alpha value is -3.46. The van der Waals surface area contributed by atoms with Gasteiger partial charge in [0.05, 0.1) is 6.10 Å². The molecule has 0 saturated heterocycles. The first-order valence-electron chi connectivity index (χ1n) is 12.1. The highest BCUT2D eigenvalue weighted by atomic mass is 35.5. The number of carbonyl (C=O) groups is 3. The second-order valence-corrected chi connectivity index (χ2v) is 8.82. The third kappa shape index (κ3) is 9.49. The predicted octanol–water partition coefficient (Wildman–Crippen LogP) is 2.16. The Labute approximate surface area is 223 Å². The number of carbonyl (C=O) groups excluding carboxylic acids is 3. The fourth-order valence-corrected chi connectivity index (χ4v) is 3.89. The van der Waals surface area contributed by atoms with Crippen LogP contribution in [0.5, 0.6) is 0 Å². The summed E-state index contributed by atoms with van der Waals surface area (Å²) in [4.78, 5) is 39.5. The molecule has 0 aromatic heterocycles. The van der Waals surface area contributed by atoms with Crippen LogP contribution in [0.25, 0.3) is 10.8 Å². The number of benzene rings is 3. The van der Waals surface area contributed by atoms with Crippen LogP contribution in [-0.2, 0) is 27.3 Å². The minimum Gasteiger partial charge on any atom is -0.390 e. The van der Waals surface area contributed by atoms with Gasteiger partial charge in [0.2, 0.25) is 17.7 Å². The number of rotatable bonds is 12. The molecule has 3 aromatic rings. The molecule has 2 atom stereocenters. The summed E-state index contributed by atoms with van der Waals surface area (Å²) in [7, 11) is 0. The zero-order chi connectivity index (χ0) is 25.9. The molecule has 0 bridgehead atoms. The highest BCUT2D eigenvalue weighted by molar-refractivity contribution is 5.88. The van der Waals surface area contributed by atoms with Crippen LogP contribution in [0.1, 0.15) is 24.5 Å². The van der Waals surface area contributed by atoms with Gasteiger partial charge in [-0.05, 0) is 21.9 Å². The van der Waals surface area contributed by atoms with Crippen LogP contribution in [0.2, 0.25) is 0 Å². The topological polar surface area (TPSA) is 125 Å². The average Bonchev–Trinajstić information content (AvgIpc) is 2.89. The molecule has 198 valence electrons. The van der Waals surface area contributed by atoms with Crippen molar-refractivity contribution in [2.75, 3.05) is 19.6 Å². The number of nitrogens with one attached hydrogen (secondary N) is 2. The predicted molar refractivity (Wildman–Crippen MR) is 147 cm³/mol. The van der Waals surface area contributed by atoms with E-state index in [1.807, 2.05) is 72.8 Å². The summed E-state index contributed by atoms with van der Waals surface area (Å²) in [5.74, 6) is -0.876. The van der Waals surface area contributed by atoms with Crippen molar-refractivity contribution in [3.63, 3.8) is 0 Å². The number of hydrogen-bond donors (Lipinski definition) is 4. The van der Waals surface area contributed by atoms with Gasteiger partial charge in [0.15, 0.2) is 0 Å². The molecule has 3 amide bonds. The minimum atomic E-state index is -0.868. The van der Waals surface area contributed by atoms with E-state index in [2.05, 4.69) is 10.6 Å². The quantitative estimate of drug-likeness (QED) is 0.288. The fraction of sp³-hybridized carbons (Fsp3) is 0.321. The zero-order valence-electron chi connectivity index (χ0n) is 20.9. The molecule has 3 rings (SSSR count). The molecule has 0 spiro atoms. The highest BCUT2D eigenvalue weighted by Gasteiger charge is 2.22. The summed E-state index contributed by atoms with van der Waals surface area (Å²) in [5.41, 5.74) is 7.30. The van der Waals surface area contributed by atoms with Crippen molar-refractivity contribution in [1.82, 2.24) is 15.5 Å². The van der Waals surface area contributed by atoms with Crippen LogP contribution in [0.15, 0.2) is 72.8 Å². The van der Waals surface area contributed by atoms with Gasteiger partial charge in [0.25, 0.3) is 0 Å². The van der Waals surface area contributed by atoms with Crippen molar-refractivity contribution in [1.29, 1.82) is 0 Å². The van der Waals surface area contributed by atoms with E-state index in [9.17, 15) is 19.5 Å². The van der Waals surface area contributed by atoms with Crippen LogP contribution in [0.4, 0.5) is 0 Å². The molecule has 0 saturated carbocycles. The summed E-state index contributed by atoms with van der Waals surface area (Å²) < 4.78 is 0. The van der Waals surface area contributed by atoms with Crippen molar-refractivity contribution in [3.8, 4) is 0 Å². The van der Waals surface area contributed by atoms with Gasteiger partial charge < -0.3 is 26.4 Å². The Morgan fingerprint density at radius 1 is 0.946 bits per heavy atom. The van der Waals surface area contributed by atoms with E-state index in [1.165, 1.54) is 6.92 Å². The first-order chi connectivity index (χ1) is 17.4. The Balaban J connectivity index is 0.00000481. The standard InChI is InChI=1S/C28H34N4O4.ClH/c1-20(33)32(19-21-7-3-2-4-8-21)14-13-27(35)31-26(28(36)30-18-25(34)17-29)16-22-11-12-23-9-5-6-10-24(23)15-22;/h2-12,15,25-26,34H,13-14,16-19,29H2,1H3,(H,30,36)(H,31,35);1H/t25?,26-;/m1./s1. The van der Waals surface area contributed by atoms with Gasteiger partial charge in [-0.1, -0.05) is 72.8 Å². The molecule has 3 aromatic carbocycles. The normalized spacial score (nSPS) is 12.2. The summed E-state index contributed by atoms with van der Waals surface area (Å²) in [6.45, 7) is 2.12. The maximum Gasteiger partial charge on any atom is 0.243 e. The lowest BCUT2D eigenvalue weighted by molar-refractivity contribution is -0.132. The summed E-state index contributed by atoms with van der Waals surface area (Å²) in [5, 5.41) is 17.3. The summed E-state index contributed by atoms with van der Waals surface area (Å²) in [6.07, 6.45) is -0.533. The lowest BCUT2D eigenvalue weighted by Gasteiger charge is -2.23. The minimum absolute atomic E-state index is 0. The number of fused-ring (bicyclic) bond motifs is 1. The number of hydrogen-bond acceptors (Lipinski definition) is 5. The third-order valence-corrected chi connectivity index (χ3v) is 5.96. The van der Waals surface area contributed by atoms with E-state index >= 15 is 0 Å². The first-order valence-corrected chi connectivity index (χ1v) is 12.1. The van der Waals surface area contributed by atoms with Gasteiger partial charge in [-0.15, -0.1) is 12.4 Å². The number of nitrogens with zero attached hydrogens (tertiary/aromatic N) is 1. The van der Waals surface area contributed by atoms with Gasteiger partial charge in [-0.25, -0.2) is 0 Å². The summed E-state index contributed by atoms with van der Waals surface area (Å²) in [6, 6.07) is 22.5. The van der Waals surface area contributed by atoms with Crippen LogP contribution in [-0.4, -0.2) is 59.5 Å². The first kappa shape index (κ1) is 29.8. The van der Waals surface area contributed by atoms with Gasteiger partial charge in [-0.3, -0.25) is 14.4 Å². The van der Waals surface area contributed by atoms with Crippen molar-refractivity contribution in [2.24, 2.45) is 5.73 Å². The van der Waals surface area contributed by atoms with Crippen LogP contribution < -0.4 is 16.4 Å². The second-order valence-electron chi connectivity index (χ2n) is 8.82. The molecule has 0 aliphatic heterocycles. The molecule has 0 aliphatic rings. The molecule has 0 aliphatic carbocycles. The Kier molecular flexibility index (Phi) is 12.0. The molecular formula is C28H35ClN4O4. The Bertz CT molecular complexity index is 1180. The number of aliphatic hydroxyl groups is 1. The highest BCUT2D eigenvalue weighted by Crippen LogP contribution is 2.17. The lowest BCUT2D eigenvalue weighted by atomic mass is 10.0. The van der Waals surface area contributed by atoms with Gasteiger partial charge in [0, 0.05) is 45.9 Å². The van der Waals surface area contributed by atoms with Crippen LogP contribution in [0, 0.1) is 0 Å². The van der Waals surface area contributed by atoms with Crippen molar-refractivity contribution < 1.29 is 19.5 Å². The monoisotopic (exact) mass is 526 g/mol. The van der Waals surface area contributed by atoms with E-state index in [0.717, 1.165) is 21.9 Å². The van der Waals surface area contributed by atoms with E-state index in [4.69, 9.17) is 5.73 Å². The Morgan fingerprint density at radius 2 is 1.62 bits per heavy atom. The molecule has 8 nitrogen and oxygen atoms in total. The van der Waals surface area contributed by atoms with Gasteiger partial charge in [-0.2, -0.15) is 0 Å². The number of aliphatic hydroxyl groups excluding tert-OH is 1. The molecule has 0 radical (unpaired) electrons. The SMILES string of the molecule is CC(=O)N(CCC(=O)N[C@H](Cc1ccc2ccccc2c1)C(=O)NCC(O)CN)Cc1ccccc1.Cl. The van der Waals surface area contributed by atoms with Crippen molar-refractivity contribution in [2.45, 2.75) is 38.5 Å². The molecule has 1 unspecified atom stereocenters. The fourth-order valence-electron chi connectivity index (χ4n) is 3.89. The lowest BCUT2D eigenvalue weighted by Crippen LogP contribution is -2.50. The van der Waals surface area contributed by atoms with Crippen LogP contribution >= 0.6 is 12.4 Å². The van der Waals surface area contributed by atoms with Gasteiger partial charge in [0.1, 0.15) is 6.04 Å². The maximum absolute atomic E-state index is 12.9. The van der Waals surface area contributed by atoms with E-state index < -0.39 is 18.1 Å². The molecule has 0 heterocycles. The zero-order valence-corrected chi connectivity index (χ0v) is 21.7. The third-order valence-electron chi connectivity index (χ3n) is 5.96. The largest absolute Gasteiger partial charge is 0.390 e. The molecule has 5 N–H and O–H groups in total. The molecule has 37 heavy (non-hydrogen) atoms. The number of nitrogens with two attached hydrogens (primary N) is 1. The number of halogens is 1. The van der Waals surface area contributed by atoms with Crippen LogP contribution in [0.3, 0.4) is 0 Å². The molecule has 0 fully saturated rings. The van der Waals surface area contributed by atoms with E-state index in [-0.39, 0.29) is 56.7 Å². The number of amides is 3. The second kappa shape index (κ2) is 14.9. The van der Waals surface area contributed by atoms with Gasteiger partial charge >= 0.3 is 0 Å². The average molecular weight is 527 g/mol. The van der Waals surface area contributed by atoms with E-state index in [1.54, 1.807) is 4.90 Å². The smallest absolute Gasteiger partial charge is 0.243 e. The maximum atomic E-state index is 12.9. The Morgan fingerprint density at radius 3 is 2.30 bits per heavy atom. The molecule has 9 heteroatoms. The van der Waals surface area contributed by atoms with E-state index in [0.29, 0.717) is 6.54 Å². The van der Waals surface area contributed by atoms with Crippen molar-refractivity contribution in [3.05, 3.63) is 83.9 Å². The van der Waals surface area contributed by atoms with Crippen molar-refractivity contribution >= 4 is 40.9 Å². The molecular weight excluding hydrogens is 492 g/mol. The summed E-state index contributed by atoms with van der Waals surface area (Å²) >= 11 is 0.